The Morgan fingerprint density at radius 3 is 3.00 bits per heavy atom. The number of hydrogen-bond donors (Lipinski definition) is 3. The number of nitrogens with two attached hydrogens (primary N) is 1. The van der Waals surface area contributed by atoms with Crippen LogP contribution in [0.15, 0.2) is 18.2 Å². The lowest BCUT2D eigenvalue weighted by atomic mass is 10.1. The van der Waals surface area contributed by atoms with E-state index in [-0.39, 0.29) is 6.04 Å². The fourth-order valence-corrected chi connectivity index (χ4v) is 1.79. The minimum Gasteiger partial charge on any atom is -0.342 e. The molecule has 0 aliphatic heterocycles. The van der Waals surface area contributed by atoms with Crippen molar-refractivity contribution >= 4 is 11.0 Å². The summed E-state index contributed by atoms with van der Waals surface area (Å²) in [6.07, 6.45) is 0. The Morgan fingerprint density at radius 1 is 1.53 bits per heavy atom. The van der Waals surface area contributed by atoms with E-state index >= 15 is 0 Å². The first kappa shape index (κ1) is 10.1. The Labute approximate surface area is 88.9 Å². The molecule has 0 aliphatic rings. The maximum atomic E-state index is 5.68. The molecule has 0 bridgehead atoms. The highest BCUT2D eigenvalue weighted by Crippen LogP contribution is 2.18. The minimum atomic E-state index is 0.206. The summed E-state index contributed by atoms with van der Waals surface area (Å²) in [6.45, 7) is 2.55. The Balaban J connectivity index is 2.45. The Hall–Kier alpha value is -1.39. The van der Waals surface area contributed by atoms with Gasteiger partial charge in [0, 0.05) is 12.6 Å². The average molecular weight is 204 g/mol. The van der Waals surface area contributed by atoms with E-state index in [0.29, 0.717) is 6.54 Å². The third-order valence-electron chi connectivity index (χ3n) is 2.61. The van der Waals surface area contributed by atoms with Crippen LogP contribution in [0.1, 0.15) is 17.4 Å². The van der Waals surface area contributed by atoms with Gasteiger partial charge in [-0.1, -0.05) is 6.07 Å². The number of fused-ring (bicyclic) bond motifs is 1. The van der Waals surface area contributed by atoms with Crippen molar-refractivity contribution in [3.05, 3.63) is 29.6 Å². The van der Waals surface area contributed by atoms with Gasteiger partial charge in [-0.3, -0.25) is 0 Å². The van der Waals surface area contributed by atoms with E-state index in [1.807, 2.05) is 20.0 Å². The van der Waals surface area contributed by atoms with E-state index in [1.54, 1.807) is 0 Å². The third kappa shape index (κ3) is 1.86. The molecule has 4 nitrogen and oxygen atoms in total. The maximum absolute atomic E-state index is 5.68. The Kier molecular flexibility index (Phi) is 2.70. The number of aryl methyl sites for hydroxylation is 1. The summed E-state index contributed by atoms with van der Waals surface area (Å²) in [6, 6.07) is 6.40. The monoisotopic (exact) mass is 204 g/mol. The summed E-state index contributed by atoms with van der Waals surface area (Å²) in [5.74, 6) is 0.941. The van der Waals surface area contributed by atoms with Crippen LogP contribution in [-0.4, -0.2) is 23.6 Å². The van der Waals surface area contributed by atoms with Crippen molar-refractivity contribution in [1.82, 2.24) is 15.3 Å². The third-order valence-corrected chi connectivity index (χ3v) is 2.61. The first-order chi connectivity index (χ1) is 7.24. The SMILES string of the molecule is CNC(CN)c1ccc2nc(C)[nH]c2c1. The topological polar surface area (TPSA) is 66.7 Å². The van der Waals surface area contributed by atoms with Gasteiger partial charge in [0.05, 0.1) is 11.0 Å². The van der Waals surface area contributed by atoms with Crippen molar-refractivity contribution in [1.29, 1.82) is 0 Å². The largest absolute Gasteiger partial charge is 0.342 e. The quantitative estimate of drug-likeness (QED) is 0.701. The fourth-order valence-electron chi connectivity index (χ4n) is 1.79. The van der Waals surface area contributed by atoms with E-state index in [1.165, 1.54) is 5.56 Å². The lowest BCUT2D eigenvalue weighted by molar-refractivity contribution is 0.606. The Bertz CT molecular complexity index is 457. The Morgan fingerprint density at radius 2 is 2.33 bits per heavy atom. The predicted molar refractivity (Wildman–Crippen MR) is 61.7 cm³/mol. The van der Waals surface area contributed by atoms with Gasteiger partial charge in [-0.05, 0) is 31.7 Å². The first-order valence-electron chi connectivity index (χ1n) is 5.08. The van der Waals surface area contributed by atoms with Crippen LogP contribution in [0.3, 0.4) is 0 Å². The smallest absolute Gasteiger partial charge is 0.104 e. The number of rotatable bonds is 3. The zero-order valence-corrected chi connectivity index (χ0v) is 9.04. The van der Waals surface area contributed by atoms with Crippen LogP contribution in [0, 0.1) is 6.92 Å². The van der Waals surface area contributed by atoms with Gasteiger partial charge in [-0.25, -0.2) is 4.98 Å². The maximum Gasteiger partial charge on any atom is 0.104 e. The van der Waals surface area contributed by atoms with Gasteiger partial charge < -0.3 is 16.0 Å². The summed E-state index contributed by atoms with van der Waals surface area (Å²) in [7, 11) is 1.92. The zero-order valence-electron chi connectivity index (χ0n) is 9.04. The van der Waals surface area contributed by atoms with E-state index < -0.39 is 0 Å². The summed E-state index contributed by atoms with van der Waals surface area (Å²) in [5, 5.41) is 3.18. The molecule has 0 saturated heterocycles. The van der Waals surface area contributed by atoms with E-state index in [2.05, 4.69) is 27.4 Å². The van der Waals surface area contributed by atoms with Crippen molar-refractivity contribution < 1.29 is 0 Å². The number of hydrogen-bond acceptors (Lipinski definition) is 3. The van der Waals surface area contributed by atoms with Gasteiger partial charge in [0.25, 0.3) is 0 Å². The van der Waals surface area contributed by atoms with Crippen molar-refractivity contribution in [3.63, 3.8) is 0 Å². The normalized spacial score (nSPS) is 13.3. The highest BCUT2D eigenvalue weighted by molar-refractivity contribution is 5.76. The average Bonchev–Trinajstić information content (AvgIpc) is 2.59. The molecule has 2 rings (SSSR count). The van der Waals surface area contributed by atoms with Gasteiger partial charge in [-0.15, -0.1) is 0 Å². The molecule has 1 aromatic heterocycles. The van der Waals surface area contributed by atoms with Crippen molar-refractivity contribution in [3.8, 4) is 0 Å². The van der Waals surface area contributed by atoms with Crippen LogP contribution >= 0.6 is 0 Å². The summed E-state index contributed by atoms with van der Waals surface area (Å²) in [4.78, 5) is 7.58. The molecule has 1 heterocycles. The zero-order chi connectivity index (χ0) is 10.8. The van der Waals surface area contributed by atoms with Crippen LogP contribution in [-0.2, 0) is 0 Å². The lowest BCUT2D eigenvalue weighted by Crippen LogP contribution is -2.24. The fraction of sp³-hybridized carbons (Fsp3) is 0.364. The molecule has 1 unspecified atom stereocenters. The molecule has 2 aromatic rings. The first-order valence-corrected chi connectivity index (χ1v) is 5.08. The summed E-state index contributed by atoms with van der Waals surface area (Å²) < 4.78 is 0. The number of nitrogens with one attached hydrogen (secondary N) is 2. The molecule has 0 aliphatic carbocycles. The molecule has 4 heteroatoms. The van der Waals surface area contributed by atoms with Gasteiger partial charge in [0.15, 0.2) is 0 Å². The molecule has 1 atom stereocenters. The molecule has 0 spiro atoms. The number of aromatic nitrogens is 2. The van der Waals surface area contributed by atoms with Gasteiger partial charge in [0.2, 0.25) is 0 Å². The molecule has 0 saturated carbocycles. The second kappa shape index (κ2) is 4.00. The number of imidazole rings is 1. The van der Waals surface area contributed by atoms with Crippen LogP contribution < -0.4 is 11.1 Å². The number of likely N-dealkylation sites (N-methyl/N-ethyl adjacent to an activating group) is 1. The van der Waals surface area contributed by atoms with E-state index in [9.17, 15) is 0 Å². The van der Waals surface area contributed by atoms with Crippen molar-refractivity contribution in [2.75, 3.05) is 13.6 Å². The highest BCUT2D eigenvalue weighted by Gasteiger charge is 2.08. The van der Waals surface area contributed by atoms with Gasteiger partial charge >= 0.3 is 0 Å². The molecule has 80 valence electrons. The number of H-pyrrole nitrogens is 1. The molecular weight excluding hydrogens is 188 g/mol. The number of nitrogens with zero attached hydrogens (tertiary/aromatic N) is 1. The molecule has 0 fully saturated rings. The van der Waals surface area contributed by atoms with E-state index in [0.717, 1.165) is 16.9 Å². The number of benzene rings is 1. The predicted octanol–water partition coefficient (Wildman–Crippen LogP) is 1.09. The van der Waals surface area contributed by atoms with Crippen LogP contribution in [0.5, 0.6) is 0 Å². The molecular formula is C11H16N4. The molecule has 4 N–H and O–H groups in total. The van der Waals surface area contributed by atoms with Crippen molar-refractivity contribution in [2.45, 2.75) is 13.0 Å². The van der Waals surface area contributed by atoms with Crippen LogP contribution in [0.25, 0.3) is 11.0 Å². The van der Waals surface area contributed by atoms with E-state index in [4.69, 9.17) is 5.73 Å². The summed E-state index contributed by atoms with van der Waals surface area (Å²) in [5.41, 5.74) is 8.94. The van der Waals surface area contributed by atoms with Crippen molar-refractivity contribution in [2.24, 2.45) is 5.73 Å². The second-order valence-electron chi connectivity index (χ2n) is 3.68. The standard InChI is InChI=1S/C11H16N4/c1-7-14-9-4-3-8(5-10(9)15-7)11(6-12)13-2/h3-5,11,13H,6,12H2,1-2H3,(H,14,15). The second-order valence-corrected chi connectivity index (χ2v) is 3.68. The van der Waals surface area contributed by atoms with Gasteiger partial charge in [0.1, 0.15) is 5.82 Å². The van der Waals surface area contributed by atoms with Gasteiger partial charge in [-0.2, -0.15) is 0 Å². The molecule has 0 radical (unpaired) electrons. The molecule has 0 amide bonds. The molecule has 15 heavy (non-hydrogen) atoms. The lowest BCUT2D eigenvalue weighted by Gasteiger charge is -2.13. The number of aromatic amines is 1. The molecule has 1 aromatic carbocycles. The van der Waals surface area contributed by atoms with Crippen LogP contribution in [0.4, 0.5) is 0 Å². The minimum absolute atomic E-state index is 0.206. The van der Waals surface area contributed by atoms with Crippen LogP contribution in [0.2, 0.25) is 0 Å². The highest BCUT2D eigenvalue weighted by atomic mass is 14.9. The summed E-state index contributed by atoms with van der Waals surface area (Å²) >= 11 is 0.